The van der Waals surface area contributed by atoms with Crippen molar-refractivity contribution in [1.29, 1.82) is 0 Å². The zero-order chi connectivity index (χ0) is 18.7. The van der Waals surface area contributed by atoms with Crippen LogP contribution in [0.1, 0.15) is 13.3 Å². The monoisotopic (exact) mass is 353 g/mol. The second-order valence-electron chi connectivity index (χ2n) is 5.93. The van der Waals surface area contributed by atoms with Crippen LogP contribution in [0, 0.1) is 0 Å². The van der Waals surface area contributed by atoms with E-state index in [0.717, 1.165) is 0 Å². The van der Waals surface area contributed by atoms with Crippen LogP contribution < -0.4 is 20.3 Å². The predicted octanol–water partition coefficient (Wildman–Crippen LogP) is 2.40. The minimum Gasteiger partial charge on any atom is -0.497 e. The molecule has 7 heteroatoms. The molecule has 1 saturated heterocycles. The van der Waals surface area contributed by atoms with Gasteiger partial charge in [-0.1, -0.05) is 6.07 Å². The van der Waals surface area contributed by atoms with Gasteiger partial charge in [0.1, 0.15) is 11.8 Å². The van der Waals surface area contributed by atoms with Crippen molar-refractivity contribution in [2.75, 3.05) is 22.6 Å². The van der Waals surface area contributed by atoms with Crippen molar-refractivity contribution in [3.63, 3.8) is 0 Å². The summed E-state index contributed by atoms with van der Waals surface area (Å²) in [5.41, 5.74) is 1.84. The first-order valence-corrected chi connectivity index (χ1v) is 8.13. The van der Waals surface area contributed by atoms with Crippen LogP contribution in [0.3, 0.4) is 0 Å². The number of methoxy groups -OCH3 is 1. The maximum absolute atomic E-state index is 12.7. The number of ether oxygens (including phenoxy) is 1. The van der Waals surface area contributed by atoms with Crippen molar-refractivity contribution in [3.8, 4) is 5.75 Å². The fraction of sp³-hybridized carbons (Fsp3) is 0.211. The molecule has 0 bridgehead atoms. The molecule has 2 aromatic rings. The molecule has 134 valence electrons. The second kappa shape index (κ2) is 7.26. The van der Waals surface area contributed by atoms with Crippen LogP contribution in [0.25, 0.3) is 0 Å². The fourth-order valence-electron chi connectivity index (χ4n) is 2.82. The number of benzene rings is 2. The topological polar surface area (TPSA) is 87.7 Å². The molecule has 0 unspecified atom stereocenters. The Morgan fingerprint density at radius 2 is 1.81 bits per heavy atom. The largest absolute Gasteiger partial charge is 0.497 e. The van der Waals surface area contributed by atoms with E-state index in [-0.39, 0.29) is 24.1 Å². The number of hydrogen-bond acceptors (Lipinski definition) is 5. The molecule has 0 aromatic heterocycles. The van der Waals surface area contributed by atoms with Crippen LogP contribution in [0.5, 0.6) is 5.75 Å². The maximum atomic E-state index is 12.7. The van der Waals surface area contributed by atoms with Crippen molar-refractivity contribution < 1.29 is 19.1 Å². The molecule has 2 N–H and O–H groups in total. The quantitative estimate of drug-likeness (QED) is 0.806. The molecule has 3 rings (SSSR count). The fourth-order valence-corrected chi connectivity index (χ4v) is 2.82. The minimum atomic E-state index is -0.639. The van der Waals surface area contributed by atoms with Crippen LogP contribution >= 0.6 is 0 Å². The number of nitrogens with zero attached hydrogens (tertiary/aromatic N) is 1. The zero-order valence-corrected chi connectivity index (χ0v) is 14.5. The molecule has 1 aliphatic rings. The van der Waals surface area contributed by atoms with Gasteiger partial charge < -0.3 is 15.4 Å². The predicted molar refractivity (Wildman–Crippen MR) is 98.3 cm³/mol. The van der Waals surface area contributed by atoms with Crippen LogP contribution in [0.2, 0.25) is 0 Å². The van der Waals surface area contributed by atoms with Crippen LogP contribution in [0.4, 0.5) is 17.1 Å². The first-order valence-electron chi connectivity index (χ1n) is 8.13. The van der Waals surface area contributed by atoms with E-state index in [2.05, 4.69) is 10.6 Å². The average molecular weight is 353 g/mol. The van der Waals surface area contributed by atoms with E-state index in [1.165, 1.54) is 18.9 Å². The van der Waals surface area contributed by atoms with Crippen LogP contribution in [-0.4, -0.2) is 30.9 Å². The third-order valence-corrected chi connectivity index (χ3v) is 4.00. The molecule has 0 spiro atoms. The molecule has 2 aromatic carbocycles. The highest BCUT2D eigenvalue weighted by Crippen LogP contribution is 2.28. The van der Waals surface area contributed by atoms with Crippen molar-refractivity contribution in [3.05, 3.63) is 48.5 Å². The number of nitrogens with one attached hydrogen (secondary N) is 2. The highest BCUT2D eigenvalue weighted by atomic mass is 16.5. The van der Waals surface area contributed by atoms with Crippen molar-refractivity contribution in [2.45, 2.75) is 19.4 Å². The Balaban J connectivity index is 1.73. The molecule has 1 atom stereocenters. The lowest BCUT2D eigenvalue weighted by Gasteiger charge is -2.17. The maximum Gasteiger partial charge on any atom is 0.256 e. The summed E-state index contributed by atoms with van der Waals surface area (Å²) in [5, 5.41) is 5.75. The summed E-state index contributed by atoms with van der Waals surface area (Å²) < 4.78 is 5.15. The third-order valence-electron chi connectivity index (χ3n) is 4.00. The number of anilines is 3. The van der Waals surface area contributed by atoms with Gasteiger partial charge in [-0.3, -0.25) is 14.4 Å². The molecule has 0 radical (unpaired) electrons. The van der Waals surface area contributed by atoms with E-state index < -0.39 is 6.04 Å². The number of amides is 3. The summed E-state index contributed by atoms with van der Waals surface area (Å²) in [6, 6.07) is 13.1. The van der Waals surface area contributed by atoms with E-state index in [4.69, 9.17) is 4.74 Å². The van der Waals surface area contributed by atoms with E-state index in [1.54, 1.807) is 48.5 Å². The van der Waals surface area contributed by atoms with Gasteiger partial charge in [0.25, 0.3) is 5.91 Å². The summed E-state index contributed by atoms with van der Waals surface area (Å²) in [6.07, 6.45) is 0.0729. The van der Waals surface area contributed by atoms with Crippen LogP contribution in [0.15, 0.2) is 48.5 Å². The Hall–Kier alpha value is -3.35. The van der Waals surface area contributed by atoms with Crippen molar-refractivity contribution in [2.24, 2.45) is 0 Å². The number of carbonyl (C=O) groups is 3. The average Bonchev–Trinajstić information content (AvgIpc) is 2.90. The first-order chi connectivity index (χ1) is 12.5. The Kier molecular flexibility index (Phi) is 4.88. The number of rotatable bonds is 5. The van der Waals surface area contributed by atoms with Gasteiger partial charge >= 0.3 is 0 Å². The molecular formula is C19H19N3O4. The Labute approximate surface area is 150 Å². The molecule has 3 amide bonds. The van der Waals surface area contributed by atoms with Gasteiger partial charge in [0.05, 0.1) is 19.2 Å². The molecule has 0 aliphatic carbocycles. The standard InChI is InChI=1S/C19H19N3O4/c1-12(23)20-13-6-8-14(9-7-13)21-17-11-18(24)22(19(17)25)15-4-3-5-16(10-15)26-2/h3-10,17,21H,11H2,1-2H3,(H,20,23)/t17-/m0/s1. The second-order valence-corrected chi connectivity index (χ2v) is 5.93. The lowest BCUT2D eigenvalue weighted by Crippen LogP contribution is -2.34. The Morgan fingerprint density at radius 3 is 2.46 bits per heavy atom. The molecular weight excluding hydrogens is 334 g/mol. The van der Waals surface area contributed by atoms with Gasteiger partial charge in [-0.2, -0.15) is 0 Å². The lowest BCUT2D eigenvalue weighted by molar-refractivity contribution is -0.121. The Morgan fingerprint density at radius 1 is 1.12 bits per heavy atom. The molecule has 1 aliphatic heterocycles. The van der Waals surface area contributed by atoms with Gasteiger partial charge in [0.15, 0.2) is 0 Å². The van der Waals surface area contributed by atoms with E-state index in [1.807, 2.05) is 0 Å². The van der Waals surface area contributed by atoms with Crippen LogP contribution in [-0.2, 0) is 14.4 Å². The summed E-state index contributed by atoms with van der Waals surface area (Å²) in [6.45, 7) is 1.43. The highest BCUT2D eigenvalue weighted by molar-refractivity contribution is 6.23. The third kappa shape index (κ3) is 3.66. The van der Waals surface area contributed by atoms with Crippen molar-refractivity contribution >= 4 is 34.8 Å². The molecule has 26 heavy (non-hydrogen) atoms. The highest BCUT2D eigenvalue weighted by Gasteiger charge is 2.39. The summed E-state index contributed by atoms with van der Waals surface area (Å²) in [4.78, 5) is 37.2. The van der Waals surface area contributed by atoms with Gasteiger partial charge in [0, 0.05) is 24.4 Å². The number of hydrogen-bond donors (Lipinski definition) is 2. The summed E-state index contributed by atoms with van der Waals surface area (Å²) in [7, 11) is 1.53. The smallest absolute Gasteiger partial charge is 0.256 e. The molecule has 1 fully saturated rings. The summed E-state index contributed by atoms with van der Waals surface area (Å²) >= 11 is 0. The Bertz CT molecular complexity index is 848. The van der Waals surface area contributed by atoms with E-state index in [9.17, 15) is 14.4 Å². The lowest BCUT2D eigenvalue weighted by atomic mass is 10.2. The molecule has 7 nitrogen and oxygen atoms in total. The van der Waals surface area contributed by atoms with Gasteiger partial charge in [-0.25, -0.2) is 4.90 Å². The molecule has 0 saturated carbocycles. The summed E-state index contributed by atoms with van der Waals surface area (Å²) in [5.74, 6) is -0.158. The van der Waals surface area contributed by atoms with E-state index >= 15 is 0 Å². The number of imide groups is 1. The van der Waals surface area contributed by atoms with E-state index in [0.29, 0.717) is 22.8 Å². The molecule has 1 heterocycles. The first kappa shape index (κ1) is 17.5. The van der Waals surface area contributed by atoms with Crippen molar-refractivity contribution in [1.82, 2.24) is 0 Å². The van der Waals surface area contributed by atoms with Gasteiger partial charge in [-0.05, 0) is 36.4 Å². The normalized spacial score (nSPS) is 16.5. The zero-order valence-electron chi connectivity index (χ0n) is 14.5. The minimum absolute atomic E-state index is 0.0729. The SMILES string of the molecule is COc1cccc(N2C(=O)C[C@H](Nc3ccc(NC(C)=O)cc3)C2=O)c1. The van der Waals surface area contributed by atoms with Gasteiger partial charge in [-0.15, -0.1) is 0 Å². The van der Waals surface area contributed by atoms with Gasteiger partial charge in [0.2, 0.25) is 11.8 Å². The number of carbonyl (C=O) groups excluding carboxylic acids is 3.